The number of carbonyl (C=O) groups excluding carboxylic acids is 5. The summed E-state index contributed by atoms with van der Waals surface area (Å²) in [4.78, 5) is 66.0. The summed E-state index contributed by atoms with van der Waals surface area (Å²) in [6.45, 7) is 1.19. The van der Waals surface area contributed by atoms with Crippen LogP contribution in [0.15, 0.2) is 103 Å². The Hall–Kier alpha value is -4.90. The van der Waals surface area contributed by atoms with E-state index in [0.29, 0.717) is 12.8 Å². The molecule has 2 atom stereocenters. The topological polar surface area (TPSA) is 143 Å². The molecular weight excluding hydrogens is 641 g/mol. The van der Waals surface area contributed by atoms with Gasteiger partial charge >= 0.3 is 5.97 Å². The minimum Gasteiger partial charge on any atom is -0.456 e. The van der Waals surface area contributed by atoms with Crippen LogP contribution in [0.5, 0.6) is 0 Å². The van der Waals surface area contributed by atoms with Crippen molar-refractivity contribution in [3.63, 3.8) is 0 Å². The molecule has 1 aliphatic carbocycles. The van der Waals surface area contributed by atoms with Gasteiger partial charge < -0.3 is 26.0 Å². The fraction of sp³-hybridized carbons (Fsp3) is 0.342. The third-order valence-corrected chi connectivity index (χ3v) is 10.2. The molecule has 11 heteroatoms. The number of thioether (sulfide) groups is 1. The highest BCUT2D eigenvalue weighted by atomic mass is 32.2. The van der Waals surface area contributed by atoms with Crippen molar-refractivity contribution in [1.29, 1.82) is 0 Å². The number of allylic oxidation sites excluding steroid dienone is 1. The van der Waals surface area contributed by atoms with Crippen molar-refractivity contribution in [1.82, 2.24) is 21.3 Å². The van der Waals surface area contributed by atoms with Crippen LogP contribution in [0.3, 0.4) is 0 Å². The highest BCUT2D eigenvalue weighted by molar-refractivity contribution is 8.00. The number of cyclic esters (lactones) is 1. The van der Waals surface area contributed by atoms with E-state index in [9.17, 15) is 24.0 Å². The van der Waals surface area contributed by atoms with Gasteiger partial charge in [-0.2, -0.15) is 0 Å². The maximum absolute atomic E-state index is 14.0. The number of hydrogen-bond donors (Lipinski definition) is 4. The third kappa shape index (κ3) is 8.97. The molecule has 1 saturated carbocycles. The maximum Gasteiger partial charge on any atom is 0.326 e. The van der Waals surface area contributed by atoms with Crippen molar-refractivity contribution in [2.24, 2.45) is 0 Å². The second kappa shape index (κ2) is 16.5. The van der Waals surface area contributed by atoms with E-state index in [1.807, 2.05) is 104 Å². The van der Waals surface area contributed by atoms with Crippen LogP contribution in [-0.2, 0) is 33.5 Å². The van der Waals surface area contributed by atoms with Gasteiger partial charge in [0.2, 0.25) is 23.6 Å². The standard InChI is InChI=1S/C38H42N4O6S/c1-2-3-7-20-30-23-32(43)39-24-33(44)41-31(35(46)42-37(21-22-37)36(47)40-25-34(45)48-30)26-49-38(27-14-8-4-9-15-27,28-16-10-5-11-17-28)29-18-12-6-13-19-29/h4-20,30-31H,2-3,21-26H2,1H3,(H,39,43)(H,40,47)(H,41,44)(H,42,46)/b20-7+/t30-,31-/m1/s1. The predicted molar refractivity (Wildman–Crippen MR) is 188 cm³/mol. The number of amides is 4. The molecule has 49 heavy (non-hydrogen) atoms. The molecule has 10 nitrogen and oxygen atoms in total. The van der Waals surface area contributed by atoms with E-state index >= 15 is 0 Å². The molecule has 1 heterocycles. The molecule has 1 aliphatic heterocycles. The van der Waals surface area contributed by atoms with Gasteiger partial charge in [0, 0.05) is 5.75 Å². The van der Waals surface area contributed by atoms with Crippen molar-refractivity contribution < 1.29 is 28.7 Å². The minimum atomic E-state index is -1.20. The Morgan fingerprint density at radius 2 is 1.37 bits per heavy atom. The molecule has 0 radical (unpaired) electrons. The predicted octanol–water partition coefficient (Wildman–Crippen LogP) is 3.75. The van der Waals surface area contributed by atoms with Crippen LogP contribution in [0, 0.1) is 0 Å². The van der Waals surface area contributed by atoms with Crippen LogP contribution >= 0.6 is 11.8 Å². The highest BCUT2D eigenvalue weighted by Crippen LogP contribution is 2.48. The van der Waals surface area contributed by atoms with Crippen LogP contribution < -0.4 is 21.3 Å². The number of unbranched alkanes of at least 4 members (excludes halogenated alkanes) is 1. The van der Waals surface area contributed by atoms with Gasteiger partial charge in [-0.15, -0.1) is 11.8 Å². The first-order chi connectivity index (χ1) is 23.8. The number of benzene rings is 3. The number of hydrogen-bond acceptors (Lipinski definition) is 7. The molecule has 0 unspecified atom stereocenters. The molecule has 2 aliphatic rings. The summed E-state index contributed by atoms with van der Waals surface area (Å²) in [7, 11) is 0. The van der Waals surface area contributed by atoms with Gasteiger partial charge in [-0.1, -0.05) is 110 Å². The molecule has 1 saturated heterocycles. The van der Waals surface area contributed by atoms with Crippen molar-refractivity contribution in [3.8, 4) is 0 Å². The van der Waals surface area contributed by atoms with Crippen molar-refractivity contribution in [3.05, 3.63) is 120 Å². The summed E-state index contributed by atoms with van der Waals surface area (Å²) in [5.41, 5.74) is 1.75. The lowest BCUT2D eigenvalue weighted by molar-refractivity contribution is -0.148. The Kier molecular flexibility index (Phi) is 11.9. The Morgan fingerprint density at radius 3 is 1.90 bits per heavy atom. The molecule has 0 bridgehead atoms. The number of nitrogens with one attached hydrogen (secondary N) is 4. The molecule has 3 aromatic carbocycles. The monoisotopic (exact) mass is 682 g/mol. The first kappa shape index (κ1) is 35.4. The number of esters is 1. The third-order valence-electron chi connectivity index (χ3n) is 8.52. The largest absolute Gasteiger partial charge is 0.456 e. The Morgan fingerprint density at radius 1 is 0.796 bits per heavy atom. The van der Waals surface area contributed by atoms with Crippen molar-refractivity contribution in [2.45, 2.75) is 61.5 Å². The Labute approximate surface area is 290 Å². The van der Waals surface area contributed by atoms with Crippen LogP contribution in [-0.4, -0.2) is 66.1 Å². The average molecular weight is 683 g/mol. The molecule has 256 valence electrons. The summed E-state index contributed by atoms with van der Waals surface area (Å²) in [5, 5.41) is 10.9. The Bertz CT molecular complexity index is 1550. The van der Waals surface area contributed by atoms with Gasteiger partial charge in [0.25, 0.3) is 0 Å². The maximum atomic E-state index is 14.0. The van der Waals surface area contributed by atoms with Crippen LogP contribution in [0.1, 0.15) is 55.7 Å². The van der Waals surface area contributed by atoms with E-state index in [4.69, 9.17) is 4.74 Å². The van der Waals surface area contributed by atoms with Gasteiger partial charge in [0.1, 0.15) is 24.2 Å². The number of rotatable bonds is 9. The summed E-state index contributed by atoms with van der Waals surface area (Å²) in [5.74, 6) is -2.72. The zero-order valence-electron chi connectivity index (χ0n) is 27.5. The normalized spacial score (nSPS) is 20.6. The first-order valence-electron chi connectivity index (χ1n) is 16.6. The summed E-state index contributed by atoms with van der Waals surface area (Å²) in [6, 6.07) is 28.8. The second-order valence-electron chi connectivity index (χ2n) is 12.2. The van der Waals surface area contributed by atoms with Gasteiger partial charge in [-0.3, -0.25) is 24.0 Å². The SMILES string of the molecule is CCC/C=C/[C@@H]1CC(=O)NCC(=O)N[C@H](CSC(c2ccccc2)(c2ccccc2)c2ccccc2)C(=O)NC2(CC2)C(=O)NCC(=O)O1. The fourth-order valence-electron chi connectivity index (χ4n) is 5.79. The molecule has 0 aromatic heterocycles. The van der Waals surface area contributed by atoms with Crippen molar-refractivity contribution in [2.75, 3.05) is 18.8 Å². The fourth-order valence-corrected chi connectivity index (χ4v) is 7.35. The second-order valence-corrected chi connectivity index (χ2v) is 13.4. The van der Waals surface area contributed by atoms with Gasteiger partial charge in [0.15, 0.2) is 0 Å². The lowest BCUT2D eigenvalue weighted by Gasteiger charge is -2.36. The summed E-state index contributed by atoms with van der Waals surface area (Å²) >= 11 is 1.49. The highest BCUT2D eigenvalue weighted by Gasteiger charge is 2.52. The van der Waals surface area contributed by atoms with E-state index in [1.165, 1.54) is 11.8 Å². The lowest BCUT2D eigenvalue weighted by atomic mass is 9.84. The quantitative estimate of drug-likeness (QED) is 0.153. The lowest BCUT2D eigenvalue weighted by Crippen LogP contribution is -2.57. The van der Waals surface area contributed by atoms with Gasteiger partial charge in [-0.05, 0) is 42.0 Å². The summed E-state index contributed by atoms with van der Waals surface area (Å²) < 4.78 is 4.68. The smallest absolute Gasteiger partial charge is 0.326 e. The van der Waals surface area contributed by atoms with Gasteiger partial charge in [0.05, 0.1) is 17.7 Å². The Balaban J connectivity index is 1.45. The first-order valence-corrected chi connectivity index (χ1v) is 17.6. The van der Waals surface area contributed by atoms with Crippen molar-refractivity contribution >= 4 is 41.4 Å². The number of ether oxygens (including phenoxy) is 1. The van der Waals surface area contributed by atoms with E-state index in [-0.39, 0.29) is 18.7 Å². The zero-order chi connectivity index (χ0) is 34.7. The molecule has 4 N–H and O–H groups in total. The van der Waals surface area contributed by atoms with Crippen LogP contribution in [0.2, 0.25) is 0 Å². The van der Waals surface area contributed by atoms with E-state index < -0.39 is 58.6 Å². The minimum absolute atomic E-state index is 0.124. The molecular formula is C38H42N4O6S. The van der Waals surface area contributed by atoms with E-state index in [0.717, 1.165) is 29.5 Å². The molecule has 2 fully saturated rings. The van der Waals surface area contributed by atoms with Crippen LogP contribution in [0.25, 0.3) is 0 Å². The van der Waals surface area contributed by atoms with Crippen LogP contribution in [0.4, 0.5) is 0 Å². The number of carbonyl (C=O) groups is 5. The molecule has 3 aromatic rings. The zero-order valence-corrected chi connectivity index (χ0v) is 28.3. The van der Waals surface area contributed by atoms with E-state index in [2.05, 4.69) is 21.3 Å². The summed E-state index contributed by atoms with van der Waals surface area (Å²) in [6.07, 6.45) is 4.76. The molecule has 4 amide bonds. The van der Waals surface area contributed by atoms with Gasteiger partial charge in [-0.25, -0.2) is 0 Å². The average Bonchev–Trinajstić information content (AvgIpc) is 3.91. The molecule has 5 rings (SSSR count). The van der Waals surface area contributed by atoms with E-state index in [1.54, 1.807) is 6.08 Å². The molecule has 1 spiro atoms.